The van der Waals surface area contributed by atoms with Crippen LogP contribution in [0.3, 0.4) is 0 Å². The summed E-state index contributed by atoms with van der Waals surface area (Å²) in [6, 6.07) is 0. The molecule has 1 heteroatoms. The van der Waals surface area contributed by atoms with E-state index in [9.17, 15) is 0 Å². The molecule has 10 heavy (non-hydrogen) atoms. The summed E-state index contributed by atoms with van der Waals surface area (Å²) in [6.45, 7) is 4.47. The van der Waals surface area contributed by atoms with Gasteiger partial charge in [-0.2, -0.15) is 0 Å². The van der Waals surface area contributed by atoms with Gasteiger partial charge in [-0.05, 0) is 24.3 Å². The third-order valence-electron chi connectivity index (χ3n) is 2.15. The van der Waals surface area contributed by atoms with Crippen LogP contribution in [0.5, 0.6) is 0 Å². The minimum Gasteiger partial charge on any atom is -0.501 e. The Morgan fingerprint density at radius 2 is 2.00 bits per heavy atom. The molecule has 0 heterocycles. The number of rotatable bonds is 2. The molecule has 1 rings (SSSR count). The van der Waals surface area contributed by atoms with Gasteiger partial charge in [-0.1, -0.05) is 13.8 Å². The van der Waals surface area contributed by atoms with Crippen molar-refractivity contribution in [2.24, 2.45) is 5.92 Å². The Morgan fingerprint density at radius 1 is 1.30 bits per heavy atom. The quantitative estimate of drug-likeness (QED) is 0.573. The number of ether oxygens (including phenoxy) is 1. The lowest BCUT2D eigenvalue weighted by Crippen LogP contribution is -1.94. The zero-order chi connectivity index (χ0) is 7.56. The number of hydrogen-bond acceptors (Lipinski definition) is 1. The lowest BCUT2D eigenvalue weighted by molar-refractivity contribution is 0.277. The van der Waals surface area contributed by atoms with Crippen molar-refractivity contribution in [3.05, 3.63) is 11.3 Å². The summed E-state index contributed by atoms with van der Waals surface area (Å²) in [4.78, 5) is 0. The summed E-state index contributed by atoms with van der Waals surface area (Å²) in [6.07, 6.45) is 3.70. The van der Waals surface area contributed by atoms with E-state index < -0.39 is 0 Å². The molecule has 0 atom stereocenters. The summed E-state index contributed by atoms with van der Waals surface area (Å²) in [5.74, 6) is 1.92. The first-order valence-corrected chi connectivity index (χ1v) is 4.01. The molecule has 0 fully saturated rings. The van der Waals surface area contributed by atoms with E-state index in [1.807, 2.05) is 0 Å². The average molecular weight is 140 g/mol. The zero-order valence-corrected chi connectivity index (χ0v) is 7.11. The van der Waals surface area contributed by atoms with Gasteiger partial charge in [0.1, 0.15) is 0 Å². The Kier molecular flexibility index (Phi) is 2.36. The van der Waals surface area contributed by atoms with Crippen molar-refractivity contribution in [3.63, 3.8) is 0 Å². The first-order chi connectivity index (χ1) is 4.75. The molecular formula is C9H16O. The highest BCUT2D eigenvalue weighted by Crippen LogP contribution is 2.31. The second-order valence-corrected chi connectivity index (χ2v) is 3.16. The molecule has 1 aliphatic rings. The van der Waals surface area contributed by atoms with Gasteiger partial charge < -0.3 is 4.74 Å². The molecule has 0 amide bonds. The SMILES string of the molecule is COC1=C(C(C)C)CCC1. The molecule has 0 aromatic carbocycles. The van der Waals surface area contributed by atoms with Crippen LogP contribution in [0.2, 0.25) is 0 Å². The van der Waals surface area contributed by atoms with Crippen molar-refractivity contribution in [1.82, 2.24) is 0 Å². The van der Waals surface area contributed by atoms with Crippen molar-refractivity contribution in [2.75, 3.05) is 7.11 Å². The summed E-state index contributed by atoms with van der Waals surface area (Å²) in [7, 11) is 1.78. The summed E-state index contributed by atoms with van der Waals surface area (Å²) < 4.78 is 5.26. The van der Waals surface area contributed by atoms with Gasteiger partial charge in [0.2, 0.25) is 0 Å². The molecule has 0 spiro atoms. The van der Waals surface area contributed by atoms with Crippen molar-refractivity contribution in [3.8, 4) is 0 Å². The number of allylic oxidation sites excluding steroid dienone is 2. The number of hydrogen-bond donors (Lipinski definition) is 0. The van der Waals surface area contributed by atoms with Crippen LogP contribution in [0.1, 0.15) is 33.1 Å². The molecule has 58 valence electrons. The maximum Gasteiger partial charge on any atom is 0.0950 e. The minimum absolute atomic E-state index is 0.678. The topological polar surface area (TPSA) is 9.23 Å². The fourth-order valence-corrected chi connectivity index (χ4v) is 1.58. The van der Waals surface area contributed by atoms with Crippen LogP contribution >= 0.6 is 0 Å². The highest BCUT2D eigenvalue weighted by molar-refractivity contribution is 5.15. The Balaban J connectivity index is 2.68. The van der Waals surface area contributed by atoms with E-state index in [-0.39, 0.29) is 0 Å². The lowest BCUT2D eigenvalue weighted by atomic mass is 10.0. The third-order valence-corrected chi connectivity index (χ3v) is 2.15. The van der Waals surface area contributed by atoms with Crippen LogP contribution < -0.4 is 0 Å². The van der Waals surface area contributed by atoms with Crippen molar-refractivity contribution < 1.29 is 4.74 Å². The van der Waals surface area contributed by atoms with Gasteiger partial charge in [-0.3, -0.25) is 0 Å². The lowest BCUT2D eigenvalue weighted by Gasteiger charge is -2.08. The summed E-state index contributed by atoms with van der Waals surface area (Å²) >= 11 is 0. The van der Waals surface area contributed by atoms with Gasteiger partial charge >= 0.3 is 0 Å². The predicted molar refractivity (Wildman–Crippen MR) is 42.7 cm³/mol. The van der Waals surface area contributed by atoms with Gasteiger partial charge in [-0.15, -0.1) is 0 Å². The molecule has 0 saturated carbocycles. The Morgan fingerprint density at radius 3 is 2.40 bits per heavy atom. The van der Waals surface area contributed by atoms with Crippen LogP contribution in [0.4, 0.5) is 0 Å². The van der Waals surface area contributed by atoms with Crippen molar-refractivity contribution >= 4 is 0 Å². The third kappa shape index (κ3) is 1.34. The van der Waals surface area contributed by atoms with Gasteiger partial charge in [-0.25, -0.2) is 0 Å². The molecule has 0 aromatic heterocycles. The van der Waals surface area contributed by atoms with Crippen molar-refractivity contribution in [2.45, 2.75) is 33.1 Å². The van der Waals surface area contributed by atoms with E-state index >= 15 is 0 Å². The van der Waals surface area contributed by atoms with E-state index in [0.717, 1.165) is 6.42 Å². The molecular weight excluding hydrogens is 124 g/mol. The van der Waals surface area contributed by atoms with Gasteiger partial charge in [0.25, 0.3) is 0 Å². The van der Waals surface area contributed by atoms with E-state index in [1.54, 1.807) is 7.11 Å². The predicted octanol–water partition coefficient (Wildman–Crippen LogP) is 2.73. The smallest absolute Gasteiger partial charge is 0.0950 e. The molecule has 0 saturated heterocycles. The highest BCUT2D eigenvalue weighted by atomic mass is 16.5. The largest absolute Gasteiger partial charge is 0.501 e. The van der Waals surface area contributed by atoms with E-state index in [1.165, 1.54) is 24.2 Å². The van der Waals surface area contributed by atoms with Crippen LogP contribution in [0.25, 0.3) is 0 Å². The summed E-state index contributed by atoms with van der Waals surface area (Å²) in [5, 5.41) is 0. The van der Waals surface area contributed by atoms with Gasteiger partial charge in [0.15, 0.2) is 0 Å². The van der Waals surface area contributed by atoms with Gasteiger partial charge in [0.05, 0.1) is 12.9 Å². The fourth-order valence-electron chi connectivity index (χ4n) is 1.58. The second-order valence-electron chi connectivity index (χ2n) is 3.16. The first-order valence-electron chi connectivity index (χ1n) is 4.01. The van der Waals surface area contributed by atoms with Gasteiger partial charge in [0, 0.05) is 6.42 Å². The van der Waals surface area contributed by atoms with Crippen LogP contribution in [-0.4, -0.2) is 7.11 Å². The molecule has 0 radical (unpaired) electrons. The molecule has 0 unspecified atom stereocenters. The monoisotopic (exact) mass is 140 g/mol. The van der Waals surface area contributed by atoms with Crippen molar-refractivity contribution in [1.29, 1.82) is 0 Å². The Hall–Kier alpha value is -0.460. The average Bonchev–Trinajstić information content (AvgIpc) is 2.33. The fraction of sp³-hybridized carbons (Fsp3) is 0.778. The molecule has 1 nitrogen and oxygen atoms in total. The second kappa shape index (κ2) is 3.09. The Bertz CT molecular complexity index is 145. The maximum atomic E-state index is 5.26. The van der Waals surface area contributed by atoms with Crippen LogP contribution in [0, 0.1) is 5.92 Å². The first kappa shape index (κ1) is 7.64. The van der Waals surface area contributed by atoms with E-state index in [0.29, 0.717) is 5.92 Å². The normalized spacial score (nSPS) is 18.8. The van der Waals surface area contributed by atoms with Crippen LogP contribution in [0.15, 0.2) is 11.3 Å². The molecule has 0 N–H and O–H groups in total. The molecule has 0 bridgehead atoms. The summed E-state index contributed by atoms with van der Waals surface area (Å²) in [5.41, 5.74) is 1.53. The molecule has 0 aromatic rings. The highest BCUT2D eigenvalue weighted by Gasteiger charge is 2.16. The standard InChI is InChI=1S/C9H16O/c1-7(2)8-5-4-6-9(8)10-3/h7H,4-6H2,1-3H3. The molecule has 1 aliphatic carbocycles. The molecule has 0 aliphatic heterocycles. The number of methoxy groups -OCH3 is 1. The van der Waals surface area contributed by atoms with E-state index in [4.69, 9.17) is 4.74 Å². The van der Waals surface area contributed by atoms with E-state index in [2.05, 4.69) is 13.8 Å². The maximum absolute atomic E-state index is 5.26. The van der Waals surface area contributed by atoms with Crippen LogP contribution in [-0.2, 0) is 4.74 Å². The minimum atomic E-state index is 0.678. The zero-order valence-electron chi connectivity index (χ0n) is 7.11. The Labute approximate surface area is 63.1 Å².